The quantitative estimate of drug-likeness (QED) is 0.313. The molecule has 9 heteroatoms. The summed E-state index contributed by atoms with van der Waals surface area (Å²) in [4.78, 5) is 26.9. The fourth-order valence-electron chi connectivity index (χ4n) is 3.50. The maximum atomic E-state index is 12.7. The Morgan fingerprint density at radius 2 is 1.66 bits per heavy atom. The van der Waals surface area contributed by atoms with Crippen LogP contribution >= 0.6 is 0 Å². The Morgan fingerprint density at radius 1 is 1.10 bits per heavy atom. The maximum absolute atomic E-state index is 12.7. The van der Waals surface area contributed by atoms with Gasteiger partial charge in [-0.25, -0.2) is 0 Å². The van der Waals surface area contributed by atoms with E-state index in [9.17, 15) is 30.0 Å². The molecule has 162 valence electrons. The number of carbonyl (C=O) groups excluding carboxylic acids is 2. The Balaban J connectivity index is 1.85. The molecule has 0 unspecified atom stereocenters. The van der Waals surface area contributed by atoms with Gasteiger partial charge in [-0.15, -0.1) is 0 Å². The van der Waals surface area contributed by atoms with Gasteiger partial charge in [-0.05, 0) is 37.1 Å². The highest BCUT2D eigenvalue weighted by Crippen LogP contribution is 2.25. The minimum absolute atomic E-state index is 0.163. The molecule has 1 aromatic carbocycles. The standard InChI is InChI=1S/C20H30N2O7/c1-21(10-16(25)18(27)19(28)17(26)12-24)20(29)14-6-8-22(9-7-14)15-4-2-13(11-23)3-5-15/h2-5,11,14,16-19,24-28H,6-10,12H2,1H3/t16-,17+,18+,19+/m0/s1. The van der Waals surface area contributed by atoms with Crippen molar-refractivity contribution in [1.82, 2.24) is 4.90 Å². The first-order valence-electron chi connectivity index (χ1n) is 9.66. The zero-order valence-electron chi connectivity index (χ0n) is 16.5. The Kier molecular flexibility index (Phi) is 8.54. The number of rotatable bonds is 9. The number of amides is 1. The molecule has 9 nitrogen and oxygen atoms in total. The zero-order valence-corrected chi connectivity index (χ0v) is 16.5. The van der Waals surface area contributed by atoms with E-state index in [1.54, 1.807) is 12.1 Å². The monoisotopic (exact) mass is 410 g/mol. The van der Waals surface area contributed by atoms with Crippen LogP contribution in [0.4, 0.5) is 5.69 Å². The van der Waals surface area contributed by atoms with E-state index in [4.69, 9.17) is 5.11 Å². The smallest absolute Gasteiger partial charge is 0.225 e. The number of aldehydes is 1. The highest BCUT2D eigenvalue weighted by atomic mass is 16.4. The number of aliphatic hydroxyl groups is 5. The first-order chi connectivity index (χ1) is 13.8. The lowest BCUT2D eigenvalue weighted by Gasteiger charge is -2.35. The normalized spacial score (nSPS) is 19.3. The van der Waals surface area contributed by atoms with Crippen molar-refractivity contribution in [3.63, 3.8) is 0 Å². The molecule has 0 aromatic heterocycles. The van der Waals surface area contributed by atoms with E-state index >= 15 is 0 Å². The summed E-state index contributed by atoms with van der Waals surface area (Å²) in [5.74, 6) is -0.382. The summed E-state index contributed by atoms with van der Waals surface area (Å²) in [7, 11) is 1.51. The highest BCUT2D eigenvalue weighted by molar-refractivity contribution is 5.79. The fourth-order valence-corrected chi connectivity index (χ4v) is 3.50. The molecule has 0 saturated carbocycles. The van der Waals surface area contributed by atoms with Crippen LogP contribution in [0, 0.1) is 5.92 Å². The van der Waals surface area contributed by atoms with Crippen LogP contribution in [-0.2, 0) is 4.79 Å². The van der Waals surface area contributed by atoms with Crippen LogP contribution in [0.15, 0.2) is 24.3 Å². The molecule has 0 bridgehead atoms. The first-order valence-corrected chi connectivity index (χ1v) is 9.66. The van der Waals surface area contributed by atoms with Gasteiger partial charge in [0.1, 0.15) is 30.7 Å². The molecule has 1 aromatic rings. The predicted molar refractivity (Wildman–Crippen MR) is 106 cm³/mol. The van der Waals surface area contributed by atoms with Gasteiger partial charge >= 0.3 is 0 Å². The number of nitrogens with zero attached hydrogens (tertiary/aromatic N) is 2. The molecule has 1 aliphatic rings. The van der Waals surface area contributed by atoms with Crippen molar-refractivity contribution >= 4 is 17.9 Å². The van der Waals surface area contributed by atoms with Crippen LogP contribution in [0.3, 0.4) is 0 Å². The van der Waals surface area contributed by atoms with Crippen LogP contribution in [0.25, 0.3) is 0 Å². The van der Waals surface area contributed by atoms with Gasteiger partial charge in [0.05, 0.1) is 6.61 Å². The second-order valence-electron chi connectivity index (χ2n) is 7.49. The third-order valence-corrected chi connectivity index (χ3v) is 5.40. The number of hydrogen-bond acceptors (Lipinski definition) is 8. The Hall–Kier alpha value is -2.04. The molecule has 2 rings (SSSR count). The van der Waals surface area contributed by atoms with Gasteiger partial charge in [0, 0.05) is 43.9 Å². The molecule has 1 saturated heterocycles. The summed E-state index contributed by atoms with van der Waals surface area (Å²) in [6, 6.07) is 7.26. The molecule has 1 heterocycles. The second kappa shape index (κ2) is 10.7. The minimum Gasteiger partial charge on any atom is -0.394 e. The number of hydrogen-bond donors (Lipinski definition) is 5. The van der Waals surface area contributed by atoms with Crippen LogP contribution in [-0.4, -0.2) is 100 Å². The van der Waals surface area contributed by atoms with Gasteiger partial charge in [-0.1, -0.05) is 0 Å². The summed E-state index contributed by atoms with van der Waals surface area (Å²) in [5.41, 5.74) is 1.60. The summed E-state index contributed by atoms with van der Waals surface area (Å²) < 4.78 is 0. The van der Waals surface area contributed by atoms with Gasteiger partial charge in [0.2, 0.25) is 5.91 Å². The molecule has 5 N–H and O–H groups in total. The Labute approximate surface area is 169 Å². The number of carbonyl (C=O) groups is 2. The van der Waals surface area contributed by atoms with E-state index in [2.05, 4.69) is 4.90 Å². The zero-order chi connectivity index (χ0) is 21.6. The summed E-state index contributed by atoms with van der Waals surface area (Å²) >= 11 is 0. The molecule has 1 fully saturated rings. The van der Waals surface area contributed by atoms with Crippen LogP contribution in [0.2, 0.25) is 0 Å². The van der Waals surface area contributed by atoms with Gasteiger partial charge in [-0.3, -0.25) is 9.59 Å². The van der Waals surface area contributed by atoms with Gasteiger partial charge in [0.15, 0.2) is 0 Å². The van der Waals surface area contributed by atoms with Crippen LogP contribution in [0.1, 0.15) is 23.2 Å². The fraction of sp³-hybridized carbons (Fsp3) is 0.600. The van der Waals surface area contributed by atoms with Crippen molar-refractivity contribution in [3.05, 3.63) is 29.8 Å². The van der Waals surface area contributed by atoms with E-state index in [0.717, 1.165) is 12.0 Å². The Morgan fingerprint density at radius 3 is 2.17 bits per heavy atom. The van der Waals surface area contributed by atoms with Crippen molar-refractivity contribution in [3.8, 4) is 0 Å². The number of anilines is 1. The lowest BCUT2D eigenvalue weighted by molar-refractivity contribution is -0.142. The van der Waals surface area contributed by atoms with Gasteiger partial charge < -0.3 is 35.3 Å². The van der Waals surface area contributed by atoms with E-state index < -0.39 is 31.0 Å². The van der Waals surface area contributed by atoms with Crippen molar-refractivity contribution in [2.45, 2.75) is 37.3 Å². The summed E-state index contributed by atoms with van der Waals surface area (Å²) in [6.45, 7) is 0.396. The topological polar surface area (TPSA) is 142 Å². The van der Waals surface area contributed by atoms with Gasteiger partial charge in [-0.2, -0.15) is 0 Å². The van der Waals surface area contributed by atoms with Crippen molar-refractivity contribution < 1.29 is 35.1 Å². The van der Waals surface area contributed by atoms with Gasteiger partial charge in [0.25, 0.3) is 0 Å². The van der Waals surface area contributed by atoms with E-state index in [-0.39, 0.29) is 18.4 Å². The molecule has 4 atom stereocenters. The Bertz CT molecular complexity index is 661. The molecule has 0 spiro atoms. The maximum Gasteiger partial charge on any atom is 0.225 e. The molecule has 29 heavy (non-hydrogen) atoms. The average Bonchev–Trinajstić information content (AvgIpc) is 2.76. The number of aliphatic hydroxyl groups excluding tert-OH is 5. The largest absolute Gasteiger partial charge is 0.394 e. The SMILES string of the molecule is CN(C[C@H](O)[C@@H](O)[C@H](O)[C@H](O)CO)C(=O)C1CCN(c2ccc(C=O)cc2)CC1. The molecular weight excluding hydrogens is 380 g/mol. The molecule has 0 radical (unpaired) electrons. The lowest BCUT2D eigenvalue weighted by atomic mass is 9.94. The molecule has 0 aliphatic carbocycles. The predicted octanol–water partition coefficient (Wildman–Crippen LogP) is -1.39. The average molecular weight is 410 g/mol. The van der Waals surface area contributed by atoms with E-state index in [1.165, 1.54) is 11.9 Å². The van der Waals surface area contributed by atoms with E-state index in [0.29, 0.717) is 31.5 Å². The third-order valence-electron chi connectivity index (χ3n) is 5.40. The number of likely N-dealkylation sites (N-methyl/N-ethyl adjacent to an activating group) is 1. The number of piperidine rings is 1. The molecule has 1 aliphatic heterocycles. The molecular formula is C20H30N2O7. The minimum atomic E-state index is -1.72. The highest BCUT2D eigenvalue weighted by Gasteiger charge is 2.33. The van der Waals surface area contributed by atoms with Crippen LogP contribution in [0.5, 0.6) is 0 Å². The lowest BCUT2D eigenvalue weighted by Crippen LogP contribution is -2.51. The third kappa shape index (κ3) is 5.97. The van der Waals surface area contributed by atoms with Crippen molar-refractivity contribution in [2.24, 2.45) is 5.92 Å². The van der Waals surface area contributed by atoms with Crippen molar-refractivity contribution in [1.29, 1.82) is 0 Å². The summed E-state index contributed by atoms with van der Waals surface area (Å²) in [5, 5.41) is 47.8. The second-order valence-corrected chi connectivity index (χ2v) is 7.49. The summed E-state index contributed by atoms with van der Waals surface area (Å²) in [6.07, 6.45) is -4.40. The van der Waals surface area contributed by atoms with E-state index in [1.807, 2.05) is 12.1 Å². The van der Waals surface area contributed by atoms with Crippen molar-refractivity contribution in [2.75, 3.05) is 38.2 Å². The van der Waals surface area contributed by atoms with Crippen LogP contribution < -0.4 is 4.90 Å². The molecule has 1 amide bonds. The number of benzene rings is 1. The first kappa shape index (κ1) is 23.2.